The maximum Gasteiger partial charge on any atom is 0.339 e. The number of carboxylic acids is 1. The van der Waals surface area contributed by atoms with E-state index in [-0.39, 0.29) is 30.3 Å². The Bertz CT molecular complexity index is 628. The number of benzene rings is 2. The summed E-state index contributed by atoms with van der Waals surface area (Å²) in [6, 6.07) is 12.5. The molecule has 0 aliphatic heterocycles. The smallest absolute Gasteiger partial charge is 0.339 e. The molecule has 0 unspecified atom stereocenters. The van der Waals surface area contributed by atoms with Gasteiger partial charge in [0, 0.05) is 6.07 Å². The van der Waals surface area contributed by atoms with E-state index >= 15 is 0 Å². The number of rotatable bonds is 6. The van der Waals surface area contributed by atoms with E-state index in [0.29, 0.717) is 11.5 Å². The van der Waals surface area contributed by atoms with Gasteiger partial charge in [0.1, 0.15) is 17.9 Å². The lowest BCUT2D eigenvalue weighted by Gasteiger charge is -2.14. The molecular formula is C16H17ClO5. The quantitative estimate of drug-likeness (QED) is 0.882. The molecule has 0 saturated carbocycles. The van der Waals surface area contributed by atoms with E-state index in [1.807, 2.05) is 30.3 Å². The van der Waals surface area contributed by atoms with Crippen molar-refractivity contribution in [2.75, 3.05) is 14.2 Å². The fourth-order valence-electron chi connectivity index (χ4n) is 1.88. The first-order valence-corrected chi connectivity index (χ1v) is 6.31. The number of hydrogen-bond acceptors (Lipinski definition) is 4. The van der Waals surface area contributed by atoms with Crippen molar-refractivity contribution >= 4 is 18.4 Å². The minimum absolute atomic E-state index is 0. The Morgan fingerprint density at radius 3 is 2.32 bits per heavy atom. The summed E-state index contributed by atoms with van der Waals surface area (Å²) < 4.78 is 15.9. The van der Waals surface area contributed by atoms with Crippen LogP contribution in [0.15, 0.2) is 42.5 Å². The van der Waals surface area contributed by atoms with Crippen LogP contribution in [0.25, 0.3) is 0 Å². The molecule has 118 valence electrons. The molecule has 0 fully saturated rings. The van der Waals surface area contributed by atoms with Gasteiger partial charge in [-0.1, -0.05) is 30.3 Å². The van der Waals surface area contributed by atoms with E-state index in [1.54, 1.807) is 6.07 Å². The Kier molecular flexibility index (Phi) is 6.53. The van der Waals surface area contributed by atoms with Crippen molar-refractivity contribution in [1.82, 2.24) is 0 Å². The van der Waals surface area contributed by atoms with Gasteiger partial charge in [-0.25, -0.2) is 4.79 Å². The monoisotopic (exact) mass is 324 g/mol. The zero-order valence-corrected chi connectivity index (χ0v) is 13.1. The molecule has 0 radical (unpaired) electrons. The van der Waals surface area contributed by atoms with Gasteiger partial charge in [-0.05, 0) is 11.6 Å². The number of methoxy groups -OCH3 is 2. The van der Waals surface area contributed by atoms with E-state index in [1.165, 1.54) is 20.3 Å². The summed E-state index contributed by atoms with van der Waals surface area (Å²) in [4.78, 5) is 11.4. The predicted octanol–water partition coefficient (Wildman–Crippen LogP) is 3.40. The molecule has 0 spiro atoms. The molecule has 1 N–H and O–H groups in total. The van der Waals surface area contributed by atoms with Gasteiger partial charge < -0.3 is 19.3 Å². The second kappa shape index (κ2) is 8.14. The third-order valence-electron chi connectivity index (χ3n) is 2.94. The molecule has 6 heteroatoms. The Balaban J connectivity index is 0.00000242. The molecular weight excluding hydrogens is 308 g/mol. The van der Waals surface area contributed by atoms with Crippen LogP contribution in [0.1, 0.15) is 15.9 Å². The van der Waals surface area contributed by atoms with E-state index in [0.717, 1.165) is 5.56 Å². The SMILES string of the molecule is COc1cc(OC)c(OCc2ccccc2)c(C(=O)O)c1.Cl. The molecule has 0 aliphatic carbocycles. The molecule has 0 aliphatic rings. The van der Waals surface area contributed by atoms with Crippen molar-refractivity contribution in [3.63, 3.8) is 0 Å². The highest BCUT2D eigenvalue weighted by molar-refractivity contribution is 5.92. The van der Waals surface area contributed by atoms with Gasteiger partial charge in [0.2, 0.25) is 0 Å². The topological polar surface area (TPSA) is 65.0 Å². The first-order chi connectivity index (χ1) is 10.2. The molecule has 0 bridgehead atoms. The number of hydrogen-bond donors (Lipinski definition) is 1. The molecule has 5 nitrogen and oxygen atoms in total. The van der Waals surface area contributed by atoms with Crippen molar-refractivity contribution in [1.29, 1.82) is 0 Å². The van der Waals surface area contributed by atoms with Gasteiger partial charge in [0.05, 0.1) is 14.2 Å². The molecule has 0 heterocycles. The van der Waals surface area contributed by atoms with Crippen LogP contribution in [-0.2, 0) is 6.61 Å². The van der Waals surface area contributed by atoms with E-state index in [2.05, 4.69) is 0 Å². The largest absolute Gasteiger partial charge is 0.497 e. The maximum absolute atomic E-state index is 11.4. The first-order valence-electron chi connectivity index (χ1n) is 6.31. The summed E-state index contributed by atoms with van der Waals surface area (Å²) in [6.45, 7) is 0.254. The van der Waals surface area contributed by atoms with Crippen molar-refractivity contribution in [3.8, 4) is 17.2 Å². The number of carbonyl (C=O) groups is 1. The summed E-state index contributed by atoms with van der Waals surface area (Å²) in [5.74, 6) is -0.191. The number of halogens is 1. The molecule has 2 rings (SSSR count). The Hall–Kier alpha value is -2.40. The molecule has 0 saturated heterocycles. The summed E-state index contributed by atoms with van der Waals surface area (Å²) in [5, 5.41) is 9.31. The number of carboxylic acid groups (broad SMARTS) is 1. The van der Waals surface area contributed by atoms with Gasteiger partial charge >= 0.3 is 5.97 Å². The van der Waals surface area contributed by atoms with E-state index < -0.39 is 5.97 Å². The lowest BCUT2D eigenvalue weighted by Crippen LogP contribution is -2.06. The van der Waals surface area contributed by atoms with Crippen LogP contribution in [0.5, 0.6) is 17.2 Å². The van der Waals surface area contributed by atoms with Crippen LogP contribution < -0.4 is 14.2 Å². The lowest BCUT2D eigenvalue weighted by atomic mass is 10.1. The third-order valence-corrected chi connectivity index (χ3v) is 2.94. The van der Waals surface area contributed by atoms with Crippen molar-refractivity contribution < 1.29 is 24.1 Å². The second-order valence-corrected chi connectivity index (χ2v) is 4.29. The summed E-state index contributed by atoms with van der Waals surface area (Å²) in [5.41, 5.74) is 0.939. The Morgan fingerprint density at radius 1 is 1.09 bits per heavy atom. The molecule has 22 heavy (non-hydrogen) atoms. The highest BCUT2D eigenvalue weighted by atomic mass is 35.5. The van der Waals surface area contributed by atoms with Crippen molar-refractivity contribution in [2.45, 2.75) is 6.61 Å². The highest BCUT2D eigenvalue weighted by Crippen LogP contribution is 2.36. The zero-order valence-electron chi connectivity index (χ0n) is 12.2. The molecule has 2 aromatic rings. The summed E-state index contributed by atoms with van der Waals surface area (Å²) in [6.07, 6.45) is 0. The maximum atomic E-state index is 11.4. The minimum Gasteiger partial charge on any atom is -0.497 e. The summed E-state index contributed by atoms with van der Waals surface area (Å²) >= 11 is 0. The van der Waals surface area contributed by atoms with Crippen molar-refractivity contribution in [2.24, 2.45) is 0 Å². The van der Waals surface area contributed by atoms with E-state index in [4.69, 9.17) is 14.2 Å². The van der Waals surface area contributed by atoms with Crippen LogP contribution in [0.2, 0.25) is 0 Å². The first kappa shape index (κ1) is 17.7. The van der Waals surface area contributed by atoms with Crippen LogP contribution in [0, 0.1) is 0 Å². The van der Waals surface area contributed by atoms with Gasteiger partial charge in [0.25, 0.3) is 0 Å². The molecule has 0 aromatic heterocycles. The standard InChI is InChI=1S/C16H16O5.ClH/c1-19-12-8-13(16(17)18)15(14(9-12)20-2)21-10-11-6-4-3-5-7-11;/h3-9H,10H2,1-2H3,(H,17,18);1H. The van der Waals surface area contributed by atoms with Gasteiger partial charge in [-0.3, -0.25) is 0 Å². The average Bonchev–Trinajstić information content (AvgIpc) is 2.52. The molecule has 0 amide bonds. The van der Waals surface area contributed by atoms with Gasteiger partial charge in [0.15, 0.2) is 11.5 Å². The van der Waals surface area contributed by atoms with Crippen LogP contribution in [0.4, 0.5) is 0 Å². The lowest BCUT2D eigenvalue weighted by molar-refractivity contribution is 0.0690. The third kappa shape index (κ3) is 4.05. The van der Waals surface area contributed by atoms with Gasteiger partial charge in [-0.15, -0.1) is 12.4 Å². The summed E-state index contributed by atoms with van der Waals surface area (Å²) in [7, 11) is 2.92. The number of aromatic carboxylic acids is 1. The fourth-order valence-corrected chi connectivity index (χ4v) is 1.88. The Labute approximate surface area is 134 Å². The van der Waals surface area contributed by atoms with Crippen LogP contribution in [-0.4, -0.2) is 25.3 Å². The fraction of sp³-hybridized carbons (Fsp3) is 0.188. The van der Waals surface area contributed by atoms with Crippen LogP contribution >= 0.6 is 12.4 Å². The predicted molar refractivity (Wildman–Crippen MR) is 84.5 cm³/mol. The molecule has 2 aromatic carbocycles. The van der Waals surface area contributed by atoms with Crippen molar-refractivity contribution in [3.05, 3.63) is 53.6 Å². The van der Waals surface area contributed by atoms with E-state index in [9.17, 15) is 9.90 Å². The average molecular weight is 325 g/mol. The highest BCUT2D eigenvalue weighted by Gasteiger charge is 2.19. The van der Waals surface area contributed by atoms with Gasteiger partial charge in [-0.2, -0.15) is 0 Å². The normalized spacial score (nSPS) is 9.55. The minimum atomic E-state index is -1.10. The zero-order chi connectivity index (χ0) is 15.2. The Morgan fingerprint density at radius 2 is 1.77 bits per heavy atom. The second-order valence-electron chi connectivity index (χ2n) is 4.29. The van der Waals surface area contributed by atoms with Crippen LogP contribution in [0.3, 0.4) is 0 Å². The number of ether oxygens (including phenoxy) is 3. The molecule has 0 atom stereocenters.